The molecule has 2 aliphatic rings. The number of nitrogens with zero attached hydrogens (tertiary/aromatic N) is 2. The molecule has 7 heteroatoms. The maximum Gasteiger partial charge on any atom is 0.325 e. The number of aryl methyl sites for hydroxylation is 1. The fourth-order valence-corrected chi connectivity index (χ4v) is 4.91. The zero-order valence-electron chi connectivity index (χ0n) is 19.6. The summed E-state index contributed by atoms with van der Waals surface area (Å²) in [6.07, 6.45) is 4.47. The molecule has 2 heterocycles. The minimum atomic E-state index is -0.675. The van der Waals surface area contributed by atoms with Crippen LogP contribution < -0.4 is 5.32 Å². The van der Waals surface area contributed by atoms with Crippen molar-refractivity contribution in [1.82, 2.24) is 20.1 Å². The van der Waals surface area contributed by atoms with Crippen molar-refractivity contribution < 1.29 is 14.4 Å². The summed E-state index contributed by atoms with van der Waals surface area (Å²) in [4.78, 5) is 45.3. The number of urea groups is 1. The highest BCUT2D eigenvalue weighted by Crippen LogP contribution is 2.36. The van der Waals surface area contributed by atoms with Crippen LogP contribution in [-0.4, -0.2) is 51.3 Å². The molecule has 1 aliphatic carbocycles. The molecule has 176 valence electrons. The Morgan fingerprint density at radius 3 is 2.71 bits per heavy atom. The van der Waals surface area contributed by atoms with Crippen molar-refractivity contribution in [2.24, 2.45) is 5.92 Å². The number of carbonyl (C=O) groups is 3. The van der Waals surface area contributed by atoms with Gasteiger partial charge in [-0.15, -0.1) is 0 Å². The van der Waals surface area contributed by atoms with Gasteiger partial charge >= 0.3 is 6.03 Å². The lowest BCUT2D eigenvalue weighted by atomic mass is 10.1. The summed E-state index contributed by atoms with van der Waals surface area (Å²) in [7, 11) is 0. The average Bonchev–Trinajstić information content (AvgIpc) is 3.55. The molecule has 0 spiro atoms. The third-order valence-electron chi connectivity index (χ3n) is 7.05. The van der Waals surface area contributed by atoms with Gasteiger partial charge in [0.1, 0.15) is 12.6 Å². The lowest BCUT2D eigenvalue weighted by Gasteiger charge is -2.31. The van der Waals surface area contributed by atoms with Crippen LogP contribution in [0.2, 0.25) is 0 Å². The van der Waals surface area contributed by atoms with E-state index in [0.29, 0.717) is 18.9 Å². The first-order valence-electron chi connectivity index (χ1n) is 11.9. The van der Waals surface area contributed by atoms with Crippen LogP contribution in [0.1, 0.15) is 36.5 Å². The molecule has 0 bridgehead atoms. The van der Waals surface area contributed by atoms with E-state index >= 15 is 0 Å². The lowest BCUT2D eigenvalue weighted by molar-refractivity contribution is -0.139. The SMILES string of the molecule is Cc1cccc(CN(C(=O)CN2C(=O)NC(Cc3c[nH]c4ccccc34)C2=O)C(C)C2CC2)c1. The van der Waals surface area contributed by atoms with Crippen molar-refractivity contribution in [1.29, 1.82) is 0 Å². The molecule has 4 amide bonds. The van der Waals surface area contributed by atoms with Crippen LogP contribution >= 0.6 is 0 Å². The number of H-pyrrole nitrogens is 1. The molecule has 0 radical (unpaired) electrons. The highest BCUT2D eigenvalue weighted by Gasteiger charge is 2.41. The lowest BCUT2D eigenvalue weighted by Crippen LogP contribution is -2.47. The highest BCUT2D eigenvalue weighted by atomic mass is 16.2. The first-order valence-corrected chi connectivity index (χ1v) is 11.9. The second-order valence-corrected chi connectivity index (χ2v) is 9.58. The fourth-order valence-electron chi connectivity index (χ4n) is 4.91. The van der Waals surface area contributed by atoms with Crippen LogP contribution in [0.25, 0.3) is 10.9 Å². The van der Waals surface area contributed by atoms with E-state index in [9.17, 15) is 14.4 Å². The Bertz CT molecular complexity index is 1250. The second-order valence-electron chi connectivity index (χ2n) is 9.58. The number of para-hydroxylation sites is 1. The van der Waals surface area contributed by atoms with Gasteiger partial charge in [0.05, 0.1) is 0 Å². The molecule has 5 rings (SSSR count). The molecule has 7 nitrogen and oxygen atoms in total. The summed E-state index contributed by atoms with van der Waals surface area (Å²) in [5, 5.41) is 3.80. The predicted molar refractivity (Wildman–Crippen MR) is 130 cm³/mol. The number of benzene rings is 2. The molecule has 1 aromatic heterocycles. The van der Waals surface area contributed by atoms with Gasteiger partial charge in [0, 0.05) is 36.1 Å². The zero-order chi connectivity index (χ0) is 23.8. The number of rotatable bonds is 8. The number of carbonyl (C=O) groups excluding carboxylic acids is 3. The van der Waals surface area contributed by atoms with Crippen molar-refractivity contribution in [3.63, 3.8) is 0 Å². The van der Waals surface area contributed by atoms with Crippen LogP contribution in [0.3, 0.4) is 0 Å². The second kappa shape index (κ2) is 8.97. The fraction of sp³-hybridized carbons (Fsp3) is 0.370. The maximum absolute atomic E-state index is 13.4. The first kappa shape index (κ1) is 22.2. The molecule has 2 fully saturated rings. The maximum atomic E-state index is 13.4. The summed E-state index contributed by atoms with van der Waals surface area (Å²) in [5.74, 6) is -0.0677. The zero-order valence-corrected chi connectivity index (χ0v) is 19.6. The number of aromatic amines is 1. The molecule has 2 N–H and O–H groups in total. The summed E-state index contributed by atoms with van der Waals surface area (Å²) >= 11 is 0. The average molecular weight is 459 g/mol. The van der Waals surface area contributed by atoms with Crippen molar-refractivity contribution >= 4 is 28.7 Å². The van der Waals surface area contributed by atoms with E-state index in [2.05, 4.69) is 23.3 Å². The minimum absolute atomic E-state index is 0.0656. The molecule has 1 saturated heterocycles. The third kappa shape index (κ3) is 4.42. The number of aromatic nitrogens is 1. The molecular formula is C27H30N4O3. The Labute approximate surface area is 199 Å². The van der Waals surface area contributed by atoms with Crippen LogP contribution in [-0.2, 0) is 22.6 Å². The normalized spacial score (nSPS) is 18.9. The Hall–Kier alpha value is -3.61. The summed E-state index contributed by atoms with van der Waals surface area (Å²) in [5.41, 5.74) is 4.14. The number of imide groups is 1. The molecule has 2 atom stereocenters. The number of hydrogen-bond donors (Lipinski definition) is 2. The van der Waals surface area contributed by atoms with Gasteiger partial charge in [-0.05, 0) is 49.8 Å². The molecule has 2 aromatic carbocycles. The van der Waals surface area contributed by atoms with Gasteiger partial charge in [-0.2, -0.15) is 0 Å². The molecular weight excluding hydrogens is 428 g/mol. The summed E-state index contributed by atoms with van der Waals surface area (Å²) in [6, 6.07) is 14.9. The standard InChI is InChI=1S/C27H30N4O3/c1-17-6-5-7-19(12-17)15-30(18(2)20-10-11-20)25(32)16-31-26(33)24(29-27(31)34)13-21-14-28-23-9-4-3-8-22(21)23/h3-9,12,14,18,20,24,28H,10-11,13,15-16H2,1-2H3,(H,29,34). The van der Waals surface area contributed by atoms with Gasteiger partial charge < -0.3 is 15.2 Å². The van der Waals surface area contributed by atoms with E-state index in [0.717, 1.165) is 45.3 Å². The summed E-state index contributed by atoms with van der Waals surface area (Å²) in [6.45, 7) is 4.33. The van der Waals surface area contributed by atoms with Crippen LogP contribution in [0.4, 0.5) is 4.79 Å². The Morgan fingerprint density at radius 2 is 1.94 bits per heavy atom. The van der Waals surface area contributed by atoms with Crippen molar-refractivity contribution in [2.75, 3.05) is 6.54 Å². The molecule has 34 heavy (non-hydrogen) atoms. The van der Waals surface area contributed by atoms with E-state index in [4.69, 9.17) is 0 Å². The smallest absolute Gasteiger partial charge is 0.325 e. The largest absolute Gasteiger partial charge is 0.361 e. The van der Waals surface area contributed by atoms with Crippen molar-refractivity contribution in [3.8, 4) is 0 Å². The molecule has 1 aliphatic heterocycles. The summed E-state index contributed by atoms with van der Waals surface area (Å²) < 4.78 is 0. The molecule has 1 saturated carbocycles. The minimum Gasteiger partial charge on any atom is -0.361 e. The Balaban J connectivity index is 1.30. The monoisotopic (exact) mass is 458 g/mol. The topological polar surface area (TPSA) is 85.5 Å². The van der Waals surface area contributed by atoms with Crippen LogP contribution in [0.5, 0.6) is 0 Å². The number of fused-ring (bicyclic) bond motifs is 1. The number of amides is 4. The predicted octanol–water partition coefficient (Wildman–Crippen LogP) is 3.77. The third-order valence-corrected chi connectivity index (χ3v) is 7.05. The number of nitrogens with one attached hydrogen (secondary N) is 2. The molecule has 3 aromatic rings. The highest BCUT2D eigenvalue weighted by molar-refractivity contribution is 6.06. The van der Waals surface area contributed by atoms with Gasteiger partial charge in [0.25, 0.3) is 5.91 Å². The quantitative estimate of drug-likeness (QED) is 0.504. The van der Waals surface area contributed by atoms with Crippen LogP contribution in [0, 0.1) is 12.8 Å². The van der Waals surface area contributed by atoms with E-state index in [1.54, 1.807) is 0 Å². The van der Waals surface area contributed by atoms with E-state index in [-0.39, 0.29) is 24.4 Å². The van der Waals surface area contributed by atoms with Gasteiger partial charge in [-0.1, -0.05) is 48.0 Å². The van der Waals surface area contributed by atoms with Gasteiger partial charge in [0.15, 0.2) is 0 Å². The van der Waals surface area contributed by atoms with E-state index in [1.807, 2.05) is 60.5 Å². The van der Waals surface area contributed by atoms with Crippen molar-refractivity contribution in [2.45, 2.75) is 51.7 Å². The Morgan fingerprint density at radius 1 is 1.15 bits per heavy atom. The van der Waals surface area contributed by atoms with Gasteiger partial charge in [0.2, 0.25) is 5.91 Å². The Kier molecular flexibility index (Phi) is 5.86. The van der Waals surface area contributed by atoms with E-state index < -0.39 is 12.1 Å². The first-order chi connectivity index (χ1) is 16.4. The van der Waals surface area contributed by atoms with Gasteiger partial charge in [-0.3, -0.25) is 14.5 Å². The molecule has 2 unspecified atom stereocenters. The number of hydrogen-bond acceptors (Lipinski definition) is 3. The van der Waals surface area contributed by atoms with Crippen molar-refractivity contribution in [3.05, 3.63) is 71.4 Å². The van der Waals surface area contributed by atoms with Gasteiger partial charge in [-0.25, -0.2) is 4.79 Å². The van der Waals surface area contributed by atoms with Crippen LogP contribution in [0.15, 0.2) is 54.7 Å². The van der Waals surface area contributed by atoms with E-state index in [1.165, 1.54) is 0 Å².